The molecular formula is C18H17FN4OS. The molecule has 1 aliphatic heterocycles. The predicted molar refractivity (Wildman–Crippen MR) is 95.4 cm³/mol. The first-order chi connectivity index (χ1) is 12.2. The molecule has 2 N–H and O–H groups in total. The van der Waals surface area contributed by atoms with Gasteiger partial charge in [0.1, 0.15) is 11.6 Å². The molecule has 0 saturated carbocycles. The lowest BCUT2D eigenvalue weighted by Gasteiger charge is -2.32. The van der Waals surface area contributed by atoms with E-state index in [0.717, 1.165) is 5.56 Å². The highest BCUT2D eigenvalue weighted by atomic mass is 32.2. The monoisotopic (exact) mass is 356 g/mol. The van der Waals surface area contributed by atoms with Gasteiger partial charge >= 0.3 is 0 Å². The lowest BCUT2D eigenvalue weighted by Crippen LogP contribution is -2.28. The van der Waals surface area contributed by atoms with Gasteiger partial charge in [0.05, 0.1) is 12.1 Å². The van der Waals surface area contributed by atoms with Crippen LogP contribution >= 0.6 is 11.8 Å². The van der Waals surface area contributed by atoms with Gasteiger partial charge in [-0.05, 0) is 36.4 Å². The van der Waals surface area contributed by atoms with E-state index in [1.54, 1.807) is 0 Å². The van der Waals surface area contributed by atoms with Gasteiger partial charge < -0.3 is 10.4 Å². The number of rotatable bonds is 3. The number of benzene rings is 2. The molecular weight excluding hydrogens is 339 g/mol. The van der Waals surface area contributed by atoms with Crippen LogP contribution in [0.5, 0.6) is 5.75 Å². The van der Waals surface area contributed by atoms with Crippen molar-refractivity contribution >= 4 is 17.7 Å². The number of phenols is 1. The average molecular weight is 356 g/mol. The van der Waals surface area contributed by atoms with Crippen molar-refractivity contribution in [1.29, 1.82) is 0 Å². The SMILES string of the molecule is CSc1nc2n(n1)[C@H](c1ccccc1)C[C@H](c1cc(F)ccc1O)N2. The Hall–Kier alpha value is -2.54. The van der Waals surface area contributed by atoms with Crippen molar-refractivity contribution in [2.24, 2.45) is 0 Å². The van der Waals surface area contributed by atoms with Gasteiger partial charge in [-0.1, -0.05) is 42.1 Å². The molecule has 0 amide bonds. The van der Waals surface area contributed by atoms with Crippen LogP contribution in [0.2, 0.25) is 0 Å². The van der Waals surface area contributed by atoms with Crippen LogP contribution in [0, 0.1) is 5.82 Å². The maximum Gasteiger partial charge on any atom is 0.223 e. The number of hydrogen-bond acceptors (Lipinski definition) is 5. The number of anilines is 1. The number of halogens is 1. The summed E-state index contributed by atoms with van der Waals surface area (Å²) in [4.78, 5) is 4.50. The maximum atomic E-state index is 13.7. The topological polar surface area (TPSA) is 63.0 Å². The molecule has 7 heteroatoms. The van der Waals surface area contributed by atoms with E-state index in [-0.39, 0.29) is 23.7 Å². The Kier molecular flexibility index (Phi) is 4.09. The molecule has 25 heavy (non-hydrogen) atoms. The molecule has 0 spiro atoms. The summed E-state index contributed by atoms with van der Waals surface area (Å²) in [5.41, 5.74) is 1.63. The van der Waals surface area contributed by atoms with Crippen LogP contribution in [-0.2, 0) is 0 Å². The Morgan fingerprint density at radius 1 is 1.24 bits per heavy atom. The standard InChI is InChI=1S/C18H17FN4OS/c1-25-18-21-17-20-14(13-9-12(19)7-8-16(13)24)10-15(23(17)22-18)11-5-3-2-4-6-11/h2-9,14-15,24H,10H2,1H3,(H,20,21,22)/t14-,15+/m1/s1. The predicted octanol–water partition coefficient (Wildman–Crippen LogP) is 3.99. The lowest BCUT2D eigenvalue weighted by atomic mass is 9.93. The Morgan fingerprint density at radius 2 is 2.04 bits per heavy atom. The zero-order chi connectivity index (χ0) is 17.4. The summed E-state index contributed by atoms with van der Waals surface area (Å²) >= 11 is 1.47. The van der Waals surface area contributed by atoms with E-state index in [4.69, 9.17) is 0 Å². The number of nitrogens with zero attached hydrogens (tertiary/aromatic N) is 3. The Morgan fingerprint density at radius 3 is 2.80 bits per heavy atom. The minimum Gasteiger partial charge on any atom is -0.508 e. The summed E-state index contributed by atoms with van der Waals surface area (Å²) in [5, 5.41) is 18.7. The largest absolute Gasteiger partial charge is 0.508 e. The van der Waals surface area contributed by atoms with Crippen LogP contribution in [0.25, 0.3) is 0 Å². The van der Waals surface area contributed by atoms with Gasteiger partial charge in [-0.3, -0.25) is 0 Å². The number of hydrogen-bond donors (Lipinski definition) is 2. The van der Waals surface area contributed by atoms with Gasteiger partial charge in [-0.15, -0.1) is 5.10 Å². The molecule has 0 bridgehead atoms. The zero-order valence-corrected chi connectivity index (χ0v) is 14.4. The molecule has 1 aromatic heterocycles. The van der Waals surface area contributed by atoms with Crippen LogP contribution in [0.3, 0.4) is 0 Å². The first-order valence-corrected chi connectivity index (χ1v) is 9.18. The number of aromatic hydroxyl groups is 1. The number of phenolic OH excluding ortho intramolecular Hbond substituents is 1. The second-order valence-corrected chi connectivity index (χ2v) is 6.70. The molecule has 0 radical (unpaired) electrons. The van der Waals surface area contributed by atoms with Crippen LogP contribution in [0.1, 0.15) is 29.6 Å². The van der Waals surface area contributed by atoms with Crippen molar-refractivity contribution in [3.63, 3.8) is 0 Å². The van der Waals surface area contributed by atoms with Gasteiger partial charge in [0.25, 0.3) is 0 Å². The van der Waals surface area contributed by atoms with Crippen LogP contribution in [0.4, 0.5) is 10.3 Å². The summed E-state index contributed by atoms with van der Waals surface area (Å²) in [6, 6.07) is 13.7. The molecule has 2 heterocycles. The van der Waals surface area contributed by atoms with E-state index in [1.165, 1.54) is 30.0 Å². The fourth-order valence-corrected chi connectivity index (χ4v) is 3.55. The molecule has 128 valence electrons. The van der Waals surface area contributed by atoms with E-state index in [9.17, 15) is 9.50 Å². The van der Waals surface area contributed by atoms with Crippen LogP contribution in [0.15, 0.2) is 53.7 Å². The van der Waals surface area contributed by atoms with E-state index < -0.39 is 0 Å². The molecule has 1 aliphatic rings. The molecule has 2 aromatic carbocycles. The van der Waals surface area contributed by atoms with Crippen molar-refractivity contribution in [3.8, 4) is 5.75 Å². The van der Waals surface area contributed by atoms with Gasteiger partial charge in [0.2, 0.25) is 11.1 Å². The Bertz CT molecular complexity index is 899. The number of aromatic nitrogens is 3. The van der Waals surface area contributed by atoms with Gasteiger partial charge in [0, 0.05) is 5.56 Å². The highest BCUT2D eigenvalue weighted by Gasteiger charge is 2.32. The highest BCUT2D eigenvalue weighted by Crippen LogP contribution is 2.40. The molecule has 4 rings (SSSR count). The summed E-state index contributed by atoms with van der Waals surface area (Å²) in [5.74, 6) is 0.324. The third-order valence-corrected chi connectivity index (χ3v) is 4.94. The minimum atomic E-state index is -0.372. The molecule has 0 unspecified atom stereocenters. The van der Waals surface area contributed by atoms with Gasteiger partial charge in [-0.2, -0.15) is 4.98 Å². The van der Waals surface area contributed by atoms with Crippen molar-refractivity contribution in [2.45, 2.75) is 23.7 Å². The quantitative estimate of drug-likeness (QED) is 0.695. The second kappa shape index (κ2) is 6.40. The maximum absolute atomic E-state index is 13.7. The summed E-state index contributed by atoms with van der Waals surface area (Å²) in [6.45, 7) is 0. The van der Waals surface area contributed by atoms with Crippen molar-refractivity contribution in [2.75, 3.05) is 11.6 Å². The molecule has 3 aromatic rings. The molecule has 0 saturated heterocycles. The second-order valence-electron chi connectivity index (χ2n) is 5.93. The summed E-state index contributed by atoms with van der Waals surface area (Å²) in [7, 11) is 0. The third-order valence-electron chi connectivity index (χ3n) is 4.40. The molecule has 2 atom stereocenters. The number of nitrogens with one attached hydrogen (secondary N) is 1. The minimum absolute atomic E-state index is 0.0430. The highest BCUT2D eigenvalue weighted by molar-refractivity contribution is 7.98. The van der Waals surface area contributed by atoms with Crippen molar-refractivity contribution in [3.05, 3.63) is 65.5 Å². The number of fused-ring (bicyclic) bond motifs is 1. The fraction of sp³-hybridized carbons (Fsp3) is 0.222. The first-order valence-electron chi connectivity index (χ1n) is 7.96. The number of thioether (sulfide) groups is 1. The Labute approximate surface area is 148 Å². The normalized spacial score (nSPS) is 19.3. The lowest BCUT2D eigenvalue weighted by molar-refractivity contribution is 0.409. The van der Waals surface area contributed by atoms with Gasteiger partial charge in [0.15, 0.2) is 0 Å². The van der Waals surface area contributed by atoms with E-state index in [2.05, 4.69) is 15.4 Å². The van der Waals surface area contributed by atoms with Crippen molar-refractivity contribution in [1.82, 2.24) is 14.8 Å². The van der Waals surface area contributed by atoms with Crippen LogP contribution in [-0.4, -0.2) is 26.1 Å². The molecule has 5 nitrogen and oxygen atoms in total. The molecule has 0 aliphatic carbocycles. The third kappa shape index (κ3) is 2.95. The zero-order valence-electron chi connectivity index (χ0n) is 13.6. The van der Waals surface area contributed by atoms with E-state index in [1.807, 2.05) is 41.3 Å². The van der Waals surface area contributed by atoms with Gasteiger partial charge in [-0.25, -0.2) is 9.07 Å². The van der Waals surface area contributed by atoms with E-state index in [0.29, 0.717) is 23.1 Å². The first kappa shape index (κ1) is 16.0. The summed E-state index contributed by atoms with van der Waals surface area (Å²) in [6.07, 6.45) is 2.56. The smallest absolute Gasteiger partial charge is 0.223 e. The average Bonchev–Trinajstić information content (AvgIpc) is 3.07. The summed E-state index contributed by atoms with van der Waals surface area (Å²) < 4.78 is 15.6. The molecule has 0 fully saturated rings. The van der Waals surface area contributed by atoms with Crippen molar-refractivity contribution < 1.29 is 9.50 Å². The van der Waals surface area contributed by atoms with Crippen LogP contribution < -0.4 is 5.32 Å². The van der Waals surface area contributed by atoms with E-state index >= 15 is 0 Å². The fourth-order valence-electron chi connectivity index (χ4n) is 3.21. The Balaban J connectivity index is 1.79.